The molecule has 0 saturated carbocycles. The highest BCUT2D eigenvalue weighted by Crippen LogP contribution is 2.26. The molecule has 2 N–H and O–H groups in total. The number of halogens is 2. The van der Waals surface area contributed by atoms with Crippen molar-refractivity contribution in [2.24, 2.45) is 0 Å². The van der Waals surface area contributed by atoms with E-state index in [0.29, 0.717) is 18.8 Å². The molecule has 29 heavy (non-hydrogen) atoms. The Morgan fingerprint density at radius 1 is 1.24 bits per heavy atom. The summed E-state index contributed by atoms with van der Waals surface area (Å²) in [6, 6.07) is 11.5. The van der Waals surface area contributed by atoms with Crippen molar-refractivity contribution in [3.05, 3.63) is 63.8 Å². The Morgan fingerprint density at radius 3 is 2.69 bits per heavy atom. The minimum atomic E-state index is -0.521. The highest BCUT2D eigenvalue weighted by molar-refractivity contribution is 6.31. The number of H-pyrrole nitrogens is 1. The minimum Gasteiger partial charge on any atom is -0.325 e. The van der Waals surface area contributed by atoms with E-state index in [9.17, 15) is 14.0 Å². The molecule has 1 fully saturated rings. The van der Waals surface area contributed by atoms with Crippen LogP contribution in [0.2, 0.25) is 5.02 Å². The molecule has 1 unspecified atom stereocenters. The van der Waals surface area contributed by atoms with Crippen LogP contribution in [0.15, 0.2) is 47.3 Å². The van der Waals surface area contributed by atoms with Gasteiger partial charge in [-0.2, -0.15) is 0 Å². The van der Waals surface area contributed by atoms with Crippen LogP contribution in [0.25, 0.3) is 11.0 Å². The number of hydrogen-bond acceptors (Lipinski definition) is 3. The molecule has 0 aliphatic carbocycles. The maximum absolute atomic E-state index is 13.3. The van der Waals surface area contributed by atoms with Crippen LogP contribution in [0.1, 0.15) is 25.8 Å². The highest BCUT2D eigenvalue weighted by atomic mass is 35.5. The van der Waals surface area contributed by atoms with Gasteiger partial charge in [0.05, 0.1) is 22.1 Å². The van der Waals surface area contributed by atoms with Crippen LogP contribution in [0, 0.1) is 5.82 Å². The van der Waals surface area contributed by atoms with Gasteiger partial charge in [0, 0.05) is 24.8 Å². The number of nitrogens with one attached hydrogen (secondary N) is 2. The number of amides is 1. The van der Waals surface area contributed by atoms with E-state index in [1.54, 1.807) is 0 Å². The van der Waals surface area contributed by atoms with Crippen molar-refractivity contribution in [1.29, 1.82) is 0 Å². The molecule has 6 nitrogen and oxygen atoms in total. The molecule has 2 heterocycles. The molecule has 1 aromatic heterocycles. The summed E-state index contributed by atoms with van der Waals surface area (Å²) < 4.78 is 15.1. The summed E-state index contributed by atoms with van der Waals surface area (Å²) in [6.07, 6.45) is 1.56. The van der Waals surface area contributed by atoms with E-state index in [1.807, 2.05) is 35.8 Å². The number of carbonyl (C=O) groups is 1. The van der Waals surface area contributed by atoms with Gasteiger partial charge in [0.1, 0.15) is 5.82 Å². The fourth-order valence-corrected chi connectivity index (χ4v) is 4.14. The number of imidazole rings is 1. The zero-order chi connectivity index (χ0) is 20.5. The molecule has 1 amide bonds. The van der Waals surface area contributed by atoms with Crippen LogP contribution >= 0.6 is 11.6 Å². The van der Waals surface area contributed by atoms with Crippen LogP contribution < -0.4 is 11.0 Å². The molecule has 1 aliphatic rings. The van der Waals surface area contributed by atoms with Crippen molar-refractivity contribution in [2.45, 2.75) is 31.8 Å². The van der Waals surface area contributed by atoms with E-state index in [-0.39, 0.29) is 28.7 Å². The standard InChI is InChI=1S/C21H22ClFN4O2/c1-13(20(28)24-14-6-7-17(23)16(22)12-14)26-10-8-15(9-11-26)27-19-5-3-2-4-18(19)25-21(27)29/h2-7,12-13,15H,8-11H2,1H3,(H,24,28)(H,25,29). The average Bonchev–Trinajstić information content (AvgIpc) is 3.06. The van der Waals surface area contributed by atoms with Crippen molar-refractivity contribution >= 4 is 34.2 Å². The second-order valence-electron chi connectivity index (χ2n) is 7.38. The number of rotatable bonds is 4. The van der Waals surface area contributed by atoms with Crippen molar-refractivity contribution in [2.75, 3.05) is 18.4 Å². The fourth-order valence-electron chi connectivity index (χ4n) is 3.95. The molecule has 0 spiro atoms. The van der Waals surface area contributed by atoms with Crippen molar-refractivity contribution < 1.29 is 9.18 Å². The number of aromatic nitrogens is 2. The Labute approximate surface area is 172 Å². The topological polar surface area (TPSA) is 70.1 Å². The molecule has 8 heteroatoms. The predicted molar refractivity (Wildman–Crippen MR) is 112 cm³/mol. The fraction of sp³-hybridized carbons (Fsp3) is 0.333. The molecular formula is C21H22ClFN4O2. The molecule has 1 aliphatic heterocycles. The third-order valence-electron chi connectivity index (χ3n) is 5.60. The van der Waals surface area contributed by atoms with Gasteiger partial charge < -0.3 is 10.3 Å². The van der Waals surface area contributed by atoms with Gasteiger partial charge in [-0.3, -0.25) is 14.3 Å². The number of fused-ring (bicyclic) bond motifs is 1. The third-order valence-corrected chi connectivity index (χ3v) is 5.89. The molecule has 4 rings (SSSR count). The summed E-state index contributed by atoms with van der Waals surface area (Å²) >= 11 is 5.78. The number of piperidine rings is 1. The van der Waals surface area contributed by atoms with E-state index < -0.39 is 5.82 Å². The van der Waals surface area contributed by atoms with Gasteiger partial charge in [-0.05, 0) is 50.1 Å². The summed E-state index contributed by atoms with van der Waals surface area (Å²) in [5.74, 6) is -0.692. The maximum atomic E-state index is 13.3. The van der Waals surface area contributed by atoms with Gasteiger partial charge in [-0.25, -0.2) is 9.18 Å². The smallest absolute Gasteiger partial charge is 0.325 e. The van der Waals surface area contributed by atoms with Gasteiger partial charge in [0.25, 0.3) is 0 Å². The van der Waals surface area contributed by atoms with Gasteiger partial charge in [-0.1, -0.05) is 23.7 Å². The number of carbonyl (C=O) groups excluding carboxylic acids is 1. The number of anilines is 1. The lowest BCUT2D eigenvalue weighted by Crippen LogP contribution is -2.46. The van der Waals surface area contributed by atoms with Crippen molar-refractivity contribution in [1.82, 2.24) is 14.5 Å². The number of hydrogen-bond donors (Lipinski definition) is 2. The molecule has 3 aromatic rings. The Balaban J connectivity index is 1.41. The van der Waals surface area contributed by atoms with Crippen molar-refractivity contribution in [3.63, 3.8) is 0 Å². The molecule has 0 radical (unpaired) electrons. The second kappa shape index (κ2) is 8.00. The van der Waals surface area contributed by atoms with E-state index >= 15 is 0 Å². The van der Waals surface area contributed by atoms with Crippen molar-refractivity contribution in [3.8, 4) is 0 Å². The van der Waals surface area contributed by atoms with Crippen LogP contribution in [0.5, 0.6) is 0 Å². The quantitative estimate of drug-likeness (QED) is 0.679. The normalized spacial score (nSPS) is 16.8. The number of para-hydroxylation sites is 2. The lowest BCUT2D eigenvalue weighted by molar-refractivity contribution is -0.121. The average molecular weight is 417 g/mol. The SMILES string of the molecule is CC(C(=O)Nc1ccc(F)c(Cl)c1)N1CCC(n2c(=O)[nH]c3ccccc32)CC1. The molecular weight excluding hydrogens is 395 g/mol. The molecule has 1 saturated heterocycles. The Morgan fingerprint density at radius 2 is 1.97 bits per heavy atom. The molecule has 152 valence electrons. The summed E-state index contributed by atoms with van der Waals surface area (Å²) in [5.41, 5.74) is 2.12. The lowest BCUT2D eigenvalue weighted by atomic mass is 10.0. The minimum absolute atomic E-state index is 0.0274. The molecule has 0 bridgehead atoms. The van der Waals surface area contributed by atoms with Gasteiger partial charge in [0.2, 0.25) is 5.91 Å². The Hall–Kier alpha value is -2.64. The Kier molecular flexibility index (Phi) is 5.43. The molecule has 1 atom stereocenters. The zero-order valence-corrected chi connectivity index (χ0v) is 16.7. The van der Waals surface area contributed by atoms with Crippen LogP contribution in [0.4, 0.5) is 10.1 Å². The molecule has 2 aromatic carbocycles. The number of benzene rings is 2. The van der Waals surface area contributed by atoms with Crippen LogP contribution in [-0.4, -0.2) is 39.5 Å². The largest absolute Gasteiger partial charge is 0.326 e. The monoisotopic (exact) mass is 416 g/mol. The number of aromatic amines is 1. The highest BCUT2D eigenvalue weighted by Gasteiger charge is 2.28. The second-order valence-corrected chi connectivity index (χ2v) is 7.79. The first-order valence-electron chi connectivity index (χ1n) is 9.63. The van der Waals surface area contributed by atoms with Crippen LogP contribution in [-0.2, 0) is 4.79 Å². The maximum Gasteiger partial charge on any atom is 0.326 e. The number of likely N-dealkylation sites (tertiary alicyclic amines) is 1. The third kappa shape index (κ3) is 3.93. The first kappa shape index (κ1) is 19.7. The lowest BCUT2D eigenvalue weighted by Gasteiger charge is -2.35. The Bertz CT molecular complexity index is 1100. The first-order chi connectivity index (χ1) is 13.9. The summed E-state index contributed by atoms with van der Waals surface area (Å²) in [5, 5.41) is 2.76. The van der Waals surface area contributed by atoms with E-state index in [1.165, 1.54) is 18.2 Å². The van der Waals surface area contributed by atoms with Gasteiger partial charge >= 0.3 is 5.69 Å². The van der Waals surface area contributed by atoms with E-state index in [0.717, 1.165) is 23.9 Å². The number of nitrogens with zero attached hydrogens (tertiary/aromatic N) is 2. The van der Waals surface area contributed by atoms with Gasteiger partial charge in [-0.15, -0.1) is 0 Å². The first-order valence-corrected chi connectivity index (χ1v) is 10.0. The predicted octanol–water partition coefficient (Wildman–Crippen LogP) is 3.79. The van der Waals surface area contributed by atoms with E-state index in [2.05, 4.69) is 15.2 Å². The summed E-state index contributed by atoms with van der Waals surface area (Å²) in [6.45, 7) is 3.25. The van der Waals surface area contributed by atoms with Crippen LogP contribution in [0.3, 0.4) is 0 Å². The summed E-state index contributed by atoms with van der Waals surface area (Å²) in [4.78, 5) is 30.0. The van der Waals surface area contributed by atoms with Gasteiger partial charge in [0.15, 0.2) is 0 Å². The van der Waals surface area contributed by atoms with E-state index in [4.69, 9.17) is 11.6 Å². The zero-order valence-electron chi connectivity index (χ0n) is 16.0. The summed E-state index contributed by atoms with van der Waals surface area (Å²) in [7, 11) is 0.